The van der Waals surface area contributed by atoms with Gasteiger partial charge < -0.3 is 9.73 Å². The second-order valence-corrected chi connectivity index (χ2v) is 5.22. The molecule has 23 heavy (non-hydrogen) atoms. The highest BCUT2D eigenvalue weighted by molar-refractivity contribution is 5.93. The van der Waals surface area contributed by atoms with Crippen molar-refractivity contribution >= 4 is 16.9 Å². The Morgan fingerprint density at radius 3 is 2.57 bits per heavy atom. The molecule has 1 N–H and O–H groups in total. The van der Waals surface area contributed by atoms with Crippen LogP contribution in [0.25, 0.3) is 11.0 Å². The van der Waals surface area contributed by atoms with E-state index in [1.165, 1.54) is 18.2 Å². The fourth-order valence-corrected chi connectivity index (χ4v) is 2.32. The number of fused-ring (bicyclic) bond motifs is 1. The van der Waals surface area contributed by atoms with Gasteiger partial charge in [0.05, 0.1) is 11.4 Å². The third-order valence-electron chi connectivity index (χ3n) is 3.58. The van der Waals surface area contributed by atoms with Crippen LogP contribution in [0.2, 0.25) is 0 Å². The largest absolute Gasteiger partial charge is 0.451 e. The Kier molecular flexibility index (Phi) is 3.93. The lowest BCUT2D eigenvalue weighted by Gasteiger charge is -2.14. The van der Waals surface area contributed by atoms with Gasteiger partial charge in [-0.3, -0.25) is 9.59 Å². The van der Waals surface area contributed by atoms with Gasteiger partial charge in [0.1, 0.15) is 11.4 Å². The van der Waals surface area contributed by atoms with Gasteiger partial charge in [0.15, 0.2) is 11.2 Å². The Hall–Kier alpha value is -2.95. The summed E-state index contributed by atoms with van der Waals surface area (Å²) in [6.45, 7) is 1.77. The van der Waals surface area contributed by atoms with Crippen LogP contribution in [0, 0.1) is 5.82 Å². The molecule has 3 aromatic rings. The van der Waals surface area contributed by atoms with Gasteiger partial charge in [-0.15, -0.1) is 0 Å². The number of nitrogens with one attached hydrogen (secondary N) is 1. The minimum absolute atomic E-state index is 0.0531. The van der Waals surface area contributed by atoms with Gasteiger partial charge in [-0.25, -0.2) is 4.39 Å². The highest BCUT2D eigenvalue weighted by Crippen LogP contribution is 2.15. The highest BCUT2D eigenvalue weighted by atomic mass is 19.1. The molecule has 0 saturated heterocycles. The van der Waals surface area contributed by atoms with Crippen molar-refractivity contribution in [2.75, 3.05) is 0 Å². The molecule has 1 atom stereocenters. The van der Waals surface area contributed by atoms with Crippen LogP contribution in [0.3, 0.4) is 0 Å². The molecular weight excluding hydrogens is 297 g/mol. The first-order valence-corrected chi connectivity index (χ1v) is 7.14. The van der Waals surface area contributed by atoms with Crippen molar-refractivity contribution in [2.45, 2.75) is 13.0 Å². The molecule has 4 nitrogen and oxygen atoms in total. The molecule has 5 heteroatoms. The van der Waals surface area contributed by atoms with Crippen molar-refractivity contribution in [1.29, 1.82) is 0 Å². The summed E-state index contributed by atoms with van der Waals surface area (Å²) in [7, 11) is 0. The van der Waals surface area contributed by atoms with Gasteiger partial charge in [-0.2, -0.15) is 0 Å². The number of para-hydroxylation sites is 1. The minimum Gasteiger partial charge on any atom is -0.451 e. The maximum Gasteiger partial charge on any atom is 0.287 e. The molecule has 0 aliphatic carbocycles. The molecule has 116 valence electrons. The van der Waals surface area contributed by atoms with E-state index in [0.717, 1.165) is 5.56 Å². The summed E-state index contributed by atoms with van der Waals surface area (Å²) in [5.41, 5.74) is 0.842. The van der Waals surface area contributed by atoms with Crippen LogP contribution in [0.15, 0.2) is 63.8 Å². The smallest absolute Gasteiger partial charge is 0.287 e. The Balaban J connectivity index is 1.85. The molecule has 0 aliphatic heterocycles. The fourth-order valence-electron chi connectivity index (χ4n) is 2.32. The molecule has 1 unspecified atom stereocenters. The molecule has 0 radical (unpaired) electrons. The lowest BCUT2D eigenvalue weighted by molar-refractivity contribution is 0.0912. The van der Waals surface area contributed by atoms with E-state index in [1.807, 2.05) is 0 Å². The third kappa shape index (κ3) is 3.13. The summed E-state index contributed by atoms with van der Waals surface area (Å²) in [5, 5.41) is 3.16. The van der Waals surface area contributed by atoms with Crippen LogP contribution < -0.4 is 10.7 Å². The Labute approximate surface area is 131 Å². The van der Waals surface area contributed by atoms with E-state index < -0.39 is 5.91 Å². The van der Waals surface area contributed by atoms with Crippen LogP contribution in [-0.4, -0.2) is 5.91 Å². The number of benzene rings is 2. The molecule has 0 spiro atoms. The van der Waals surface area contributed by atoms with Gasteiger partial charge >= 0.3 is 0 Å². The maximum absolute atomic E-state index is 12.9. The standard InChI is InChI=1S/C18H14FNO3/c1-11(12-6-8-13(19)9-7-12)20-18(22)17-10-15(21)14-4-2-3-5-16(14)23-17/h2-11H,1H3,(H,20,22). The molecule has 1 aromatic heterocycles. The Morgan fingerprint density at radius 1 is 1.13 bits per heavy atom. The summed E-state index contributed by atoms with van der Waals surface area (Å²) < 4.78 is 18.4. The van der Waals surface area contributed by atoms with Crippen LogP contribution in [0.5, 0.6) is 0 Å². The number of hydrogen-bond donors (Lipinski definition) is 1. The SMILES string of the molecule is CC(NC(=O)c1cc(=O)c2ccccc2o1)c1ccc(F)cc1. The van der Waals surface area contributed by atoms with E-state index >= 15 is 0 Å². The molecule has 0 bridgehead atoms. The van der Waals surface area contributed by atoms with E-state index in [0.29, 0.717) is 11.0 Å². The topological polar surface area (TPSA) is 59.3 Å². The van der Waals surface area contributed by atoms with E-state index in [4.69, 9.17) is 4.42 Å². The highest BCUT2D eigenvalue weighted by Gasteiger charge is 2.15. The van der Waals surface area contributed by atoms with Crippen molar-refractivity contribution in [3.05, 3.63) is 82.0 Å². The zero-order valence-electron chi connectivity index (χ0n) is 12.4. The van der Waals surface area contributed by atoms with Crippen LogP contribution in [0.4, 0.5) is 4.39 Å². The number of amides is 1. The van der Waals surface area contributed by atoms with Gasteiger partial charge in [0, 0.05) is 6.07 Å². The van der Waals surface area contributed by atoms with E-state index in [9.17, 15) is 14.0 Å². The van der Waals surface area contributed by atoms with E-state index in [2.05, 4.69) is 5.32 Å². The van der Waals surface area contributed by atoms with Crippen molar-refractivity contribution in [1.82, 2.24) is 5.32 Å². The first kappa shape index (κ1) is 15.0. The molecule has 0 fully saturated rings. The zero-order chi connectivity index (χ0) is 16.4. The zero-order valence-corrected chi connectivity index (χ0v) is 12.4. The second kappa shape index (κ2) is 6.04. The second-order valence-electron chi connectivity index (χ2n) is 5.22. The summed E-state index contributed by atoms with van der Waals surface area (Å²) in [6, 6.07) is 13.4. The fraction of sp³-hybridized carbons (Fsp3) is 0.111. The number of halogens is 1. The van der Waals surface area contributed by atoms with Crippen LogP contribution in [-0.2, 0) is 0 Å². The lowest BCUT2D eigenvalue weighted by atomic mass is 10.1. The van der Waals surface area contributed by atoms with E-state index in [1.54, 1.807) is 43.3 Å². The molecule has 0 saturated carbocycles. The van der Waals surface area contributed by atoms with Gasteiger partial charge in [0.25, 0.3) is 5.91 Å². The van der Waals surface area contributed by atoms with Crippen molar-refractivity contribution in [3.63, 3.8) is 0 Å². The van der Waals surface area contributed by atoms with E-state index in [-0.39, 0.29) is 23.0 Å². The van der Waals surface area contributed by atoms with Crippen LogP contribution in [0.1, 0.15) is 29.1 Å². The Bertz CT molecular complexity index is 915. The van der Waals surface area contributed by atoms with Crippen molar-refractivity contribution in [3.8, 4) is 0 Å². The summed E-state index contributed by atoms with van der Waals surface area (Å²) >= 11 is 0. The molecule has 3 rings (SSSR count). The first-order chi connectivity index (χ1) is 11.0. The molecule has 1 heterocycles. The normalized spacial score (nSPS) is 12.1. The third-order valence-corrected chi connectivity index (χ3v) is 3.58. The Morgan fingerprint density at radius 2 is 1.83 bits per heavy atom. The van der Waals surface area contributed by atoms with Crippen molar-refractivity contribution < 1.29 is 13.6 Å². The summed E-state index contributed by atoms with van der Waals surface area (Å²) in [4.78, 5) is 24.3. The van der Waals surface area contributed by atoms with Gasteiger partial charge in [-0.05, 0) is 36.8 Å². The summed E-state index contributed by atoms with van der Waals surface area (Å²) in [6.07, 6.45) is 0. The molecule has 2 aromatic carbocycles. The predicted molar refractivity (Wildman–Crippen MR) is 84.8 cm³/mol. The average molecular weight is 311 g/mol. The maximum atomic E-state index is 12.9. The molecular formula is C18H14FNO3. The van der Waals surface area contributed by atoms with Crippen LogP contribution >= 0.6 is 0 Å². The van der Waals surface area contributed by atoms with Crippen molar-refractivity contribution in [2.24, 2.45) is 0 Å². The number of carbonyl (C=O) groups excluding carboxylic acids is 1. The monoisotopic (exact) mass is 311 g/mol. The average Bonchev–Trinajstić information content (AvgIpc) is 2.55. The number of hydrogen-bond acceptors (Lipinski definition) is 3. The summed E-state index contributed by atoms with van der Waals surface area (Å²) in [5.74, 6) is -0.889. The first-order valence-electron chi connectivity index (χ1n) is 7.14. The molecule has 1 amide bonds. The minimum atomic E-state index is -0.496. The quantitative estimate of drug-likeness (QED) is 0.806. The molecule has 0 aliphatic rings. The van der Waals surface area contributed by atoms with Gasteiger partial charge in [-0.1, -0.05) is 24.3 Å². The van der Waals surface area contributed by atoms with Gasteiger partial charge in [0.2, 0.25) is 0 Å². The number of carbonyl (C=O) groups is 1. The lowest BCUT2D eigenvalue weighted by Crippen LogP contribution is -2.27. The predicted octanol–water partition coefficient (Wildman–Crippen LogP) is 3.42. The number of rotatable bonds is 3.